The van der Waals surface area contributed by atoms with Gasteiger partial charge in [-0.3, -0.25) is 9.69 Å². The number of benzene rings is 1. The van der Waals surface area contributed by atoms with Crippen molar-refractivity contribution in [2.24, 2.45) is 0 Å². The molecule has 184 valence electrons. The van der Waals surface area contributed by atoms with Gasteiger partial charge in [0.2, 0.25) is 10.0 Å². The molecule has 0 aromatic heterocycles. The maximum absolute atomic E-state index is 13.7. The number of rotatable bonds is 8. The van der Waals surface area contributed by atoms with Crippen molar-refractivity contribution in [3.63, 3.8) is 0 Å². The minimum absolute atomic E-state index is 0.0646. The zero-order valence-corrected chi connectivity index (χ0v) is 20.9. The lowest BCUT2D eigenvalue weighted by atomic mass is 10.1. The van der Waals surface area contributed by atoms with Gasteiger partial charge in [-0.25, -0.2) is 8.42 Å². The topological polar surface area (TPSA) is 73.4 Å². The molecule has 1 unspecified atom stereocenters. The average Bonchev–Trinajstić information content (AvgIpc) is 3.54. The van der Waals surface area contributed by atoms with Gasteiger partial charge in [-0.15, -0.1) is 0 Å². The smallest absolute Gasteiger partial charge is 0.256 e. The van der Waals surface area contributed by atoms with Crippen LogP contribution in [0.2, 0.25) is 0 Å². The van der Waals surface area contributed by atoms with E-state index in [1.165, 1.54) is 4.31 Å². The number of carbonyl (C=O) groups is 1. The zero-order valence-electron chi connectivity index (χ0n) is 20.0. The summed E-state index contributed by atoms with van der Waals surface area (Å²) in [6.07, 6.45) is 4.75. The van der Waals surface area contributed by atoms with E-state index in [2.05, 4.69) is 9.80 Å². The minimum Gasteiger partial charge on any atom is -0.377 e. The van der Waals surface area contributed by atoms with E-state index in [1.54, 1.807) is 12.1 Å². The number of carbonyl (C=O) groups excluding carboxylic acids is 1. The number of hydrogen-bond donors (Lipinski definition) is 0. The molecule has 9 heteroatoms. The van der Waals surface area contributed by atoms with Crippen molar-refractivity contribution in [1.82, 2.24) is 14.1 Å². The molecule has 0 spiro atoms. The Bertz CT molecular complexity index is 914. The van der Waals surface area contributed by atoms with Crippen LogP contribution in [-0.2, 0) is 14.8 Å². The molecule has 1 atom stereocenters. The second-order valence-electron chi connectivity index (χ2n) is 9.19. The molecule has 0 bridgehead atoms. The Balaban J connectivity index is 1.54. The van der Waals surface area contributed by atoms with Crippen LogP contribution in [0.25, 0.3) is 0 Å². The number of amides is 1. The molecule has 4 rings (SSSR count). The van der Waals surface area contributed by atoms with Gasteiger partial charge in [-0.05, 0) is 43.9 Å². The Morgan fingerprint density at radius 1 is 1.03 bits per heavy atom. The van der Waals surface area contributed by atoms with E-state index in [4.69, 9.17) is 4.74 Å². The SMILES string of the molecule is CCN(CC)S(=O)(=O)c1ccc(N2CCCC2)c(C(=O)N2CCN(CC3CCCO3)CC2)c1. The van der Waals surface area contributed by atoms with Crippen LogP contribution in [-0.4, -0.2) is 100 Å². The van der Waals surface area contributed by atoms with Gasteiger partial charge >= 0.3 is 0 Å². The molecule has 1 amide bonds. The molecule has 3 saturated heterocycles. The van der Waals surface area contributed by atoms with E-state index in [0.717, 1.165) is 70.7 Å². The van der Waals surface area contributed by atoms with Gasteiger partial charge in [0.25, 0.3) is 5.91 Å². The molecule has 0 aliphatic carbocycles. The van der Waals surface area contributed by atoms with Gasteiger partial charge in [0.05, 0.1) is 16.6 Å². The summed E-state index contributed by atoms with van der Waals surface area (Å²) >= 11 is 0. The second-order valence-corrected chi connectivity index (χ2v) is 11.1. The first kappa shape index (κ1) is 24.4. The first-order valence-corrected chi connectivity index (χ1v) is 13.9. The normalized spacial score (nSPS) is 22.5. The Hall–Kier alpha value is -1.68. The molecule has 8 nitrogen and oxygen atoms in total. The summed E-state index contributed by atoms with van der Waals surface area (Å²) in [7, 11) is -3.63. The molecule has 3 aliphatic rings. The maximum Gasteiger partial charge on any atom is 0.256 e. The summed E-state index contributed by atoms with van der Waals surface area (Å²) in [5, 5.41) is 0. The van der Waals surface area contributed by atoms with Crippen LogP contribution in [0.5, 0.6) is 0 Å². The summed E-state index contributed by atoms with van der Waals surface area (Å²) in [6, 6.07) is 5.11. The van der Waals surface area contributed by atoms with E-state index in [0.29, 0.717) is 37.8 Å². The van der Waals surface area contributed by atoms with E-state index < -0.39 is 10.0 Å². The minimum atomic E-state index is -3.63. The highest BCUT2D eigenvalue weighted by atomic mass is 32.2. The quantitative estimate of drug-likeness (QED) is 0.571. The van der Waals surface area contributed by atoms with Crippen LogP contribution in [0.3, 0.4) is 0 Å². The van der Waals surface area contributed by atoms with E-state index in [1.807, 2.05) is 24.8 Å². The molecule has 33 heavy (non-hydrogen) atoms. The van der Waals surface area contributed by atoms with E-state index in [-0.39, 0.29) is 10.8 Å². The maximum atomic E-state index is 13.7. The number of anilines is 1. The highest BCUT2D eigenvalue weighted by Gasteiger charge is 2.30. The lowest BCUT2D eigenvalue weighted by Gasteiger charge is -2.36. The van der Waals surface area contributed by atoms with Gasteiger partial charge in [-0.2, -0.15) is 4.31 Å². The number of nitrogens with zero attached hydrogens (tertiary/aromatic N) is 4. The van der Waals surface area contributed by atoms with Crippen LogP contribution in [0.4, 0.5) is 5.69 Å². The third kappa shape index (κ3) is 5.37. The fourth-order valence-corrected chi connectivity index (χ4v) is 6.66. The molecule has 1 aromatic carbocycles. The fraction of sp³-hybridized carbons (Fsp3) is 0.708. The highest BCUT2D eigenvalue weighted by Crippen LogP contribution is 2.30. The third-order valence-corrected chi connectivity index (χ3v) is 9.18. The molecule has 0 saturated carbocycles. The van der Waals surface area contributed by atoms with Crippen LogP contribution in [0.15, 0.2) is 23.1 Å². The summed E-state index contributed by atoms with van der Waals surface area (Å²) in [5.41, 5.74) is 1.37. The van der Waals surface area contributed by atoms with Crippen molar-refractivity contribution in [3.05, 3.63) is 23.8 Å². The van der Waals surface area contributed by atoms with Crippen molar-refractivity contribution in [3.8, 4) is 0 Å². The van der Waals surface area contributed by atoms with Crippen molar-refractivity contribution < 1.29 is 17.9 Å². The van der Waals surface area contributed by atoms with Crippen LogP contribution >= 0.6 is 0 Å². The number of sulfonamides is 1. The molecular formula is C24H38N4O4S. The molecule has 3 heterocycles. The molecule has 3 aliphatic heterocycles. The van der Waals surface area contributed by atoms with Crippen LogP contribution in [0.1, 0.15) is 49.9 Å². The van der Waals surface area contributed by atoms with E-state index >= 15 is 0 Å². The monoisotopic (exact) mass is 478 g/mol. The Kier molecular flexibility index (Phi) is 7.94. The van der Waals surface area contributed by atoms with E-state index in [9.17, 15) is 13.2 Å². The largest absolute Gasteiger partial charge is 0.377 e. The standard InChI is InChI=1S/C24H38N4O4S/c1-3-28(4-2)33(30,31)21-9-10-23(26-11-5-6-12-26)22(18-21)24(29)27-15-13-25(14-16-27)19-20-8-7-17-32-20/h9-10,18,20H,3-8,11-17,19H2,1-2H3. The second kappa shape index (κ2) is 10.7. The van der Waals surface area contributed by atoms with Gasteiger partial charge < -0.3 is 14.5 Å². The number of hydrogen-bond acceptors (Lipinski definition) is 6. The molecular weight excluding hydrogens is 440 g/mol. The Labute approximate surface area is 198 Å². The predicted molar refractivity (Wildman–Crippen MR) is 129 cm³/mol. The number of piperazine rings is 1. The molecule has 1 aromatic rings. The Morgan fingerprint density at radius 2 is 1.73 bits per heavy atom. The van der Waals surface area contributed by atoms with Crippen molar-refractivity contribution >= 4 is 21.6 Å². The van der Waals surface area contributed by atoms with Crippen LogP contribution in [0, 0.1) is 0 Å². The van der Waals surface area contributed by atoms with Crippen molar-refractivity contribution in [1.29, 1.82) is 0 Å². The Morgan fingerprint density at radius 3 is 2.33 bits per heavy atom. The van der Waals surface area contributed by atoms with Gasteiger partial charge in [0, 0.05) is 71.2 Å². The lowest BCUT2D eigenvalue weighted by Crippen LogP contribution is -2.50. The van der Waals surface area contributed by atoms with Crippen LogP contribution < -0.4 is 4.90 Å². The summed E-state index contributed by atoms with van der Waals surface area (Å²) < 4.78 is 33.5. The van der Waals surface area contributed by atoms with Gasteiger partial charge in [0.1, 0.15) is 0 Å². The summed E-state index contributed by atoms with van der Waals surface area (Å²) in [6.45, 7) is 11.0. The highest BCUT2D eigenvalue weighted by molar-refractivity contribution is 7.89. The lowest BCUT2D eigenvalue weighted by molar-refractivity contribution is 0.0433. The molecule has 0 N–H and O–H groups in total. The van der Waals surface area contributed by atoms with Crippen molar-refractivity contribution in [2.45, 2.75) is 50.5 Å². The average molecular weight is 479 g/mol. The predicted octanol–water partition coefficient (Wildman–Crippen LogP) is 2.25. The summed E-state index contributed by atoms with van der Waals surface area (Å²) in [5.74, 6) is -0.0646. The third-order valence-electron chi connectivity index (χ3n) is 7.13. The van der Waals surface area contributed by atoms with Crippen molar-refractivity contribution in [2.75, 3.05) is 70.4 Å². The van der Waals surface area contributed by atoms with Gasteiger partial charge in [0.15, 0.2) is 0 Å². The first-order valence-electron chi connectivity index (χ1n) is 12.5. The summed E-state index contributed by atoms with van der Waals surface area (Å²) in [4.78, 5) is 20.3. The zero-order chi connectivity index (χ0) is 23.4. The molecule has 0 radical (unpaired) electrons. The number of ether oxygens (including phenoxy) is 1. The first-order chi connectivity index (χ1) is 15.9. The molecule has 3 fully saturated rings. The van der Waals surface area contributed by atoms with Gasteiger partial charge in [-0.1, -0.05) is 13.8 Å². The fourth-order valence-electron chi connectivity index (χ4n) is 5.17.